The molecule has 0 saturated carbocycles. The van der Waals surface area contributed by atoms with E-state index < -0.39 is 0 Å². The summed E-state index contributed by atoms with van der Waals surface area (Å²) in [6, 6.07) is 8.55. The molecular formula is C15H22ClNO. The molecule has 1 saturated heterocycles. The zero-order chi connectivity index (χ0) is 12.8. The van der Waals surface area contributed by atoms with Gasteiger partial charge in [-0.3, -0.25) is 0 Å². The number of benzene rings is 1. The lowest BCUT2D eigenvalue weighted by Crippen LogP contribution is -2.32. The standard InChI is InChI=1S/C15H22ClNO/c1-2-9-17-15(12-7-10-18-11-8-12)13-5-3-4-6-14(13)16/h3-6,12,15,17H,2,7-11H2,1H3. The van der Waals surface area contributed by atoms with Gasteiger partial charge < -0.3 is 10.1 Å². The van der Waals surface area contributed by atoms with Crippen molar-refractivity contribution in [3.05, 3.63) is 34.9 Å². The number of ether oxygens (including phenoxy) is 1. The van der Waals surface area contributed by atoms with Crippen LogP contribution in [0.2, 0.25) is 5.02 Å². The smallest absolute Gasteiger partial charge is 0.0469 e. The molecule has 100 valence electrons. The highest BCUT2D eigenvalue weighted by molar-refractivity contribution is 6.31. The number of hydrogen-bond acceptors (Lipinski definition) is 2. The van der Waals surface area contributed by atoms with Crippen molar-refractivity contribution in [2.75, 3.05) is 19.8 Å². The van der Waals surface area contributed by atoms with Crippen LogP contribution < -0.4 is 5.32 Å². The van der Waals surface area contributed by atoms with E-state index >= 15 is 0 Å². The first-order chi connectivity index (χ1) is 8.83. The maximum absolute atomic E-state index is 6.35. The Morgan fingerprint density at radius 1 is 1.33 bits per heavy atom. The molecule has 1 aromatic carbocycles. The first kappa shape index (κ1) is 13.9. The van der Waals surface area contributed by atoms with Gasteiger partial charge in [-0.2, -0.15) is 0 Å². The summed E-state index contributed by atoms with van der Waals surface area (Å²) in [6.45, 7) is 4.98. The van der Waals surface area contributed by atoms with Crippen molar-refractivity contribution in [1.82, 2.24) is 5.32 Å². The first-order valence-electron chi connectivity index (χ1n) is 6.88. The van der Waals surface area contributed by atoms with Crippen LogP contribution in [0.4, 0.5) is 0 Å². The molecule has 0 bridgehead atoms. The van der Waals surface area contributed by atoms with Gasteiger partial charge in [0, 0.05) is 24.3 Å². The fraction of sp³-hybridized carbons (Fsp3) is 0.600. The molecule has 0 aliphatic carbocycles. The molecule has 18 heavy (non-hydrogen) atoms. The fourth-order valence-corrected chi connectivity index (χ4v) is 2.86. The lowest BCUT2D eigenvalue weighted by molar-refractivity contribution is 0.0536. The quantitative estimate of drug-likeness (QED) is 0.876. The maximum Gasteiger partial charge on any atom is 0.0469 e. The Hall–Kier alpha value is -0.570. The number of halogens is 1. The average molecular weight is 268 g/mol. The van der Waals surface area contributed by atoms with Crippen LogP contribution in [0, 0.1) is 5.92 Å². The summed E-state index contributed by atoms with van der Waals surface area (Å²) < 4.78 is 5.46. The molecule has 1 unspecified atom stereocenters. The molecule has 1 aliphatic rings. The second-order valence-corrected chi connectivity index (χ2v) is 5.31. The molecule has 2 rings (SSSR count). The third-order valence-corrected chi connectivity index (χ3v) is 3.94. The molecule has 3 heteroatoms. The molecule has 1 atom stereocenters. The highest BCUT2D eigenvalue weighted by atomic mass is 35.5. The third kappa shape index (κ3) is 3.47. The summed E-state index contributed by atoms with van der Waals surface area (Å²) in [4.78, 5) is 0. The molecule has 1 N–H and O–H groups in total. The minimum Gasteiger partial charge on any atom is -0.381 e. The van der Waals surface area contributed by atoms with Gasteiger partial charge in [-0.05, 0) is 43.4 Å². The minimum absolute atomic E-state index is 0.363. The van der Waals surface area contributed by atoms with Gasteiger partial charge in [0.1, 0.15) is 0 Å². The average Bonchev–Trinajstić information content (AvgIpc) is 2.42. The third-order valence-electron chi connectivity index (χ3n) is 3.59. The van der Waals surface area contributed by atoms with Gasteiger partial charge in [0.05, 0.1) is 0 Å². The topological polar surface area (TPSA) is 21.3 Å². The molecule has 0 aromatic heterocycles. The zero-order valence-corrected chi connectivity index (χ0v) is 11.7. The van der Waals surface area contributed by atoms with Crippen LogP contribution in [0.3, 0.4) is 0 Å². The molecule has 1 aliphatic heterocycles. The van der Waals surface area contributed by atoms with Crippen LogP contribution in [-0.2, 0) is 4.74 Å². The van der Waals surface area contributed by atoms with Crippen molar-refractivity contribution in [1.29, 1.82) is 0 Å². The predicted octanol–water partition coefficient (Wildman–Crippen LogP) is 3.81. The lowest BCUT2D eigenvalue weighted by Gasteiger charge is -2.32. The Balaban J connectivity index is 2.15. The van der Waals surface area contributed by atoms with Crippen molar-refractivity contribution >= 4 is 11.6 Å². The van der Waals surface area contributed by atoms with Crippen LogP contribution in [0.1, 0.15) is 37.8 Å². The second-order valence-electron chi connectivity index (χ2n) is 4.90. The first-order valence-corrected chi connectivity index (χ1v) is 7.26. The molecule has 1 fully saturated rings. The highest BCUT2D eigenvalue weighted by Gasteiger charge is 2.26. The summed E-state index contributed by atoms with van der Waals surface area (Å²) in [6.07, 6.45) is 3.38. The van der Waals surface area contributed by atoms with Crippen molar-refractivity contribution < 1.29 is 4.74 Å². The van der Waals surface area contributed by atoms with Crippen molar-refractivity contribution in [3.8, 4) is 0 Å². The van der Waals surface area contributed by atoms with Crippen LogP contribution in [0.15, 0.2) is 24.3 Å². The van der Waals surface area contributed by atoms with Crippen LogP contribution in [0.25, 0.3) is 0 Å². The summed E-state index contributed by atoms with van der Waals surface area (Å²) >= 11 is 6.35. The van der Waals surface area contributed by atoms with E-state index in [2.05, 4.69) is 24.4 Å². The zero-order valence-electron chi connectivity index (χ0n) is 11.0. The predicted molar refractivity (Wildman–Crippen MR) is 76.0 cm³/mol. The van der Waals surface area contributed by atoms with Gasteiger partial charge in [-0.25, -0.2) is 0 Å². The van der Waals surface area contributed by atoms with E-state index in [1.165, 1.54) is 5.56 Å². The van der Waals surface area contributed by atoms with Gasteiger partial charge in [-0.1, -0.05) is 36.7 Å². The normalized spacial score (nSPS) is 18.8. The monoisotopic (exact) mass is 267 g/mol. The maximum atomic E-state index is 6.35. The SMILES string of the molecule is CCCNC(c1ccccc1Cl)C1CCOCC1. The Bertz CT molecular complexity index is 363. The van der Waals surface area contributed by atoms with E-state index in [0.29, 0.717) is 12.0 Å². The van der Waals surface area contributed by atoms with Crippen molar-refractivity contribution in [2.45, 2.75) is 32.2 Å². The molecular weight excluding hydrogens is 246 g/mol. The van der Waals surface area contributed by atoms with Gasteiger partial charge in [0.2, 0.25) is 0 Å². The molecule has 0 spiro atoms. The van der Waals surface area contributed by atoms with Crippen LogP contribution in [0.5, 0.6) is 0 Å². The van der Waals surface area contributed by atoms with Crippen molar-refractivity contribution in [2.24, 2.45) is 5.92 Å². The lowest BCUT2D eigenvalue weighted by atomic mass is 9.87. The van der Waals surface area contributed by atoms with E-state index in [-0.39, 0.29) is 0 Å². The van der Waals surface area contributed by atoms with Crippen LogP contribution in [-0.4, -0.2) is 19.8 Å². The number of rotatable bonds is 5. The van der Waals surface area contributed by atoms with Gasteiger partial charge in [0.25, 0.3) is 0 Å². The molecule has 1 aromatic rings. The van der Waals surface area contributed by atoms with Gasteiger partial charge in [0.15, 0.2) is 0 Å². The summed E-state index contributed by atoms with van der Waals surface area (Å²) in [5.41, 5.74) is 1.24. The molecule has 2 nitrogen and oxygen atoms in total. The minimum atomic E-state index is 0.363. The van der Waals surface area contributed by atoms with E-state index in [1.807, 2.05) is 12.1 Å². The summed E-state index contributed by atoms with van der Waals surface area (Å²) in [7, 11) is 0. The largest absolute Gasteiger partial charge is 0.381 e. The summed E-state index contributed by atoms with van der Waals surface area (Å²) in [5, 5.41) is 4.53. The summed E-state index contributed by atoms with van der Waals surface area (Å²) in [5.74, 6) is 0.630. The Morgan fingerprint density at radius 3 is 2.72 bits per heavy atom. The highest BCUT2D eigenvalue weighted by Crippen LogP contribution is 2.33. The van der Waals surface area contributed by atoms with Gasteiger partial charge >= 0.3 is 0 Å². The number of nitrogens with one attached hydrogen (secondary N) is 1. The van der Waals surface area contributed by atoms with E-state index in [9.17, 15) is 0 Å². The number of hydrogen-bond donors (Lipinski definition) is 1. The molecule has 1 heterocycles. The Morgan fingerprint density at radius 2 is 2.06 bits per heavy atom. The Labute approximate surface area is 115 Å². The van der Waals surface area contributed by atoms with Gasteiger partial charge in [-0.15, -0.1) is 0 Å². The molecule has 0 radical (unpaired) electrons. The van der Waals surface area contributed by atoms with Crippen molar-refractivity contribution in [3.63, 3.8) is 0 Å². The Kier molecular flexibility index (Phi) is 5.48. The molecule has 0 amide bonds. The van der Waals surface area contributed by atoms with Crippen LogP contribution >= 0.6 is 11.6 Å². The second kappa shape index (κ2) is 7.13. The van der Waals surface area contributed by atoms with E-state index in [0.717, 1.165) is 44.0 Å². The van der Waals surface area contributed by atoms with E-state index in [4.69, 9.17) is 16.3 Å². The van der Waals surface area contributed by atoms with E-state index in [1.54, 1.807) is 0 Å². The fourth-order valence-electron chi connectivity index (χ4n) is 2.61.